The molecule has 2 aromatic heterocycles. The summed E-state index contributed by atoms with van der Waals surface area (Å²) in [6.07, 6.45) is 11.4. The predicted molar refractivity (Wildman–Crippen MR) is 89.1 cm³/mol. The molecule has 2 atom stereocenters. The molecule has 6 heteroatoms. The molecule has 24 heavy (non-hydrogen) atoms. The van der Waals surface area contributed by atoms with E-state index in [1.165, 1.54) is 0 Å². The van der Waals surface area contributed by atoms with Crippen molar-refractivity contribution in [1.29, 1.82) is 0 Å². The van der Waals surface area contributed by atoms with Gasteiger partial charge in [0.25, 0.3) is 0 Å². The van der Waals surface area contributed by atoms with Crippen LogP contribution in [0.1, 0.15) is 50.4 Å². The topological polar surface area (TPSA) is 71.5 Å². The Balaban J connectivity index is 1.61. The largest absolute Gasteiger partial charge is 0.467 e. The number of furan rings is 1. The molecule has 0 bridgehead atoms. The molecule has 1 amide bonds. The first-order valence-electron chi connectivity index (χ1n) is 8.70. The number of likely N-dealkylation sites (tertiary alicyclic amines) is 1. The molecule has 0 aromatic carbocycles. The van der Waals surface area contributed by atoms with E-state index in [9.17, 15) is 9.90 Å². The highest BCUT2D eigenvalue weighted by Crippen LogP contribution is 2.27. The Hall–Kier alpha value is -2.08. The maximum Gasteiger partial charge on any atom is 0.224 e. The number of carbonyl (C=O) groups is 1. The quantitative estimate of drug-likeness (QED) is 0.883. The van der Waals surface area contributed by atoms with Gasteiger partial charge in [-0.2, -0.15) is 0 Å². The van der Waals surface area contributed by atoms with E-state index in [1.807, 2.05) is 15.7 Å². The highest BCUT2D eigenvalue weighted by molar-refractivity contribution is 5.76. The van der Waals surface area contributed by atoms with Crippen LogP contribution in [0.3, 0.4) is 0 Å². The number of carbonyl (C=O) groups excluding carboxylic acids is 1. The van der Waals surface area contributed by atoms with E-state index in [1.54, 1.807) is 30.9 Å². The van der Waals surface area contributed by atoms with Gasteiger partial charge in [0.1, 0.15) is 11.9 Å². The summed E-state index contributed by atoms with van der Waals surface area (Å²) < 4.78 is 7.22. The van der Waals surface area contributed by atoms with Crippen molar-refractivity contribution in [2.45, 2.75) is 57.2 Å². The molecule has 3 rings (SSSR count). The van der Waals surface area contributed by atoms with Gasteiger partial charge in [-0.3, -0.25) is 4.79 Å². The second-order valence-electron chi connectivity index (χ2n) is 6.41. The van der Waals surface area contributed by atoms with E-state index in [0.29, 0.717) is 25.1 Å². The van der Waals surface area contributed by atoms with Gasteiger partial charge in [0.05, 0.1) is 12.6 Å². The molecule has 1 aliphatic heterocycles. The summed E-state index contributed by atoms with van der Waals surface area (Å²) in [7, 11) is 0. The summed E-state index contributed by atoms with van der Waals surface area (Å²) in [5.41, 5.74) is 0. The maximum atomic E-state index is 12.7. The number of aryl methyl sites for hydroxylation is 1. The van der Waals surface area contributed by atoms with Crippen molar-refractivity contribution in [1.82, 2.24) is 14.5 Å². The first-order valence-corrected chi connectivity index (χ1v) is 8.70. The van der Waals surface area contributed by atoms with Crippen LogP contribution < -0.4 is 0 Å². The first kappa shape index (κ1) is 16.8. The van der Waals surface area contributed by atoms with E-state index in [4.69, 9.17) is 4.42 Å². The summed E-state index contributed by atoms with van der Waals surface area (Å²) in [5, 5.41) is 10.4. The van der Waals surface area contributed by atoms with Crippen LogP contribution in [0.5, 0.6) is 0 Å². The minimum atomic E-state index is -0.660. The van der Waals surface area contributed by atoms with Crippen molar-refractivity contribution >= 4 is 5.91 Å². The molecule has 1 aliphatic rings. The average molecular weight is 331 g/mol. The van der Waals surface area contributed by atoms with E-state index >= 15 is 0 Å². The van der Waals surface area contributed by atoms with Crippen molar-refractivity contribution in [2.24, 2.45) is 0 Å². The lowest BCUT2D eigenvalue weighted by Crippen LogP contribution is -2.41. The normalized spacial score (nSPS) is 19.9. The lowest BCUT2D eigenvalue weighted by atomic mass is 10.0. The first-order chi connectivity index (χ1) is 11.7. The zero-order chi connectivity index (χ0) is 16.8. The average Bonchev–Trinajstić information content (AvgIpc) is 3.24. The number of hydrogen-bond acceptors (Lipinski definition) is 4. The number of aliphatic hydroxyl groups is 1. The molecule has 2 unspecified atom stereocenters. The third-order valence-corrected chi connectivity index (χ3v) is 4.71. The van der Waals surface area contributed by atoms with Gasteiger partial charge in [0.2, 0.25) is 5.91 Å². The van der Waals surface area contributed by atoms with Crippen LogP contribution in [0.15, 0.2) is 41.5 Å². The smallest absolute Gasteiger partial charge is 0.224 e. The van der Waals surface area contributed by atoms with Crippen LogP contribution in [-0.2, 0) is 11.3 Å². The molecule has 6 nitrogen and oxygen atoms in total. The van der Waals surface area contributed by atoms with Crippen LogP contribution in [0, 0.1) is 0 Å². The van der Waals surface area contributed by atoms with Crippen LogP contribution in [0.25, 0.3) is 0 Å². The Morgan fingerprint density at radius 2 is 2.33 bits per heavy atom. The van der Waals surface area contributed by atoms with Crippen molar-refractivity contribution in [3.8, 4) is 0 Å². The van der Waals surface area contributed by atoms with Gasteiger partial charge in [-0.1, -0.05) is 12.8 Å². The number of nitrogens with zero attached hydrogens (tertiary/aromatic N) is 3. The molecule has 130 valence electrons. The van der Waals surface area contributed by atoms with Crippen molar-refractivity contribution in [3.63, 3.8) is 0 Å². The SMILES string of the molecule is O=C(CCn1ccnc1)N1CCCCCC1CC(O)c1ccco1. The molecule has 2 aromatic rings. The zero-order valence-corrected chi connectivity index (χ0v) is 13.9. The molecule has 1 saturated heterocycles. The van der Waals surface area contributed by atoms with Crippen LogP contribution in [0.2, 0.25) is 0 Å². The highest BCUT2D eigenvalue weighted by atomic mass is 16.4. The van der Waals surface area contributed by atoms with E-state index in [0.717, 1.165) is 32.2 Å². The standard InChI is InChI=1S/C18H25N3O3/c22-16(17-6-4-12-24-17)13-15-5-2-1-3-9-21(15)18(23)7-10-20-11-8-19-14-20/h4,6,8,11-12,14-16,22H,1-3,5,7,9-10,13H2. The lowest BCUT2D eigenvalue weighted by molar-refractivity contribution is -0.134. The van der Waals surface area contributed by atoms with Crippen LogP contribution in [-0.4, -0.2) is 38.1 Å². The summed E-state index contributed by atoms with van der Waals surface area (Å²) in [5.74, 6) is 0.729. The summed E-state index contributed by atoms with van der Waals surface area (Å²) in [6, 6.07) is 3.63. The van der Waals surface area contributed by atoms with Gasteiger partial charge < -0.3 is 19.0 Å². The number of imidazole rings is 1. The maximum absolute atomic E-state index is 12.7. The molecule has 1 fully saturated rings. The van der Waals surface area contributed by atoms with Gasteiger partial charge in [0.15, 0.2) is 0 Å². The van der Waals surface area contributed by atoms with Crippen LogP contribution in [0.4, 0.5) is 0 Å². The minimum Gasteiger partial charge on any atom is -0.467 e. The number of aromatic nitrogens is 2. The van der Waals surface area contributed by atoms with Gasteiger partial charge in [-0.15, -0.1) is 0 Å². The second kappa shape index (κ2) is 8.15. The molecule has 0 aliphatic carbocycles. The van der Waals surface area contributed by atoms with E-state index in [-0.39, 0.29) is 11.9 Å². The zero-order valence-electron chi connectivity index (χ0n) is 13.9. The molecular formula is C18H25N3O3. The number of aliphatic hydroxyl groups excluding tert-OH is 1. The fourth-order valence-corrected chi connectivity index (χ4v) is 3.39. The molecule has 0 radical (unpaired) electrons. The van der Waals surface area contributed by atoms with Gasteiger partial charge in [-0.05, 0) is 25.0 Å². The monoisotopic (exact) mass is 331 g/mol. The summed E-state index contributed by atoms with van der Waals surface area (Å²) in [4.78, 5) is 18.7. The fraction of sp³-hybridized carbons (Fsp3) is 0.556. The number of amides is 1. The number of hydrogen-bond donors (Lipinski definition) is 1. The Kier molecular flexibility index (Phi) is 5.69. The molecular weight excluding hydrogens is 306 g/mol. The Bertz CT molecular complexity index is 610. The predicted octanol–water partition coefficient (Wildman–Crippen LogP) is 2.76. The highest BCUT2D eigenvalue weighted by Gasteiger charge is 2.28. The molecule has 0 spiro atoms. The third kappa shape index (κ3) is 4.26. The van der Waals surface area contributed by atoms with Gasteiger partial charge >= 0.3 is 0 Å². The van der Waals surface area contributed by atoms with Crippen molar-refractivity contribution in [2.75, 3.05) is 6.54 Å². The van der Waals surface area contributed by atoms with Crippen molar-refractivity contribution < 1.29 is 14.3 Å². The summed E-state index contributed by atoms with van der Waals surface area (Å²) >= 11 is 0. The third-order valence-electron chi connectivity index (χ3n) is 4.71. The second-order valence-corrected chi connectivity index (χ2v) is 6.41. The van der Waals surface area contributed by atoms with Crippen LogP contribution >= 0.6 is 0 Å². The molecule has 3 heterocycles. The van der Waals surface area contributed by atoms with Gasteiger partial charge in [0, 0.05) is 44.4 Å². The number of rotatable bonds is 6. The Morgan fingerprint density at radius 3 is 3.08 bits per heavy atom. The fourth-order valence-electron chi connectivity index (χ4n) is 3.39. The van der Waals surface area contributed by atoms with Crippen molar-refractivity contribution in [3.05, 3.63) is 42.9 Å². The minimum absolute atomic E-state index is 0.0721. The van der Waals surface area contributed by atoms with E-state index in [2.05, 4.69) is 4.98 Å². The van der Waals surface area contributed by atoms with Gasteiger partial charge in [-0.25, -0.2) is 4.98 Å². The van der Waals surface area contributed by atoms with E-state index < -0.39 is 6.10 Å². The summed E-state index contributed by atoms with van der Waals surface area (Å²) in [6.45, 7) is 1.42. The lowest BCUT2D eigenvalue weighted by Gasteiger charge is -2.31. The Morgan fingerprint density at radius 1 is 1.42 bits per heavy atom. The molecule has 1 N–H and O–H groups in total. The Labute approximate surface area is 142 Å². The molecule has 0 saturated carbocycles.